The van der Waals surface area contributed by atoms with Gasteiger partial charge < -0.3 is 11.1 Å². The van der Waals surface area contributed by atoms with Gasteiger partial charge in [-0.25, -0.2) is 0 Å². The zero-order valence-electron chi connectivity index (χ0n) is 11.0. The molecule has 3 nitrogen and oxygen atoms in total. The monoisotopic (exact) mass is 350 g/mol. The molecule has 0 atom stereocenters. The van der Waals surface area contributed by atoms with Gasteiger partial charge in [0.2, 0.25) is 5.91 Å². The predicted molar refractivity (Wildman–Crippen MR) is 89.1 cm³/mol. The maximum Gasteiger partial charge on any atom is 0.234 e. The van der Waals surface area contributed by atoms with Crippen molar-refractivity contribution in [1.29, 1.82) is 0 Å². The molecular weight excluding hydrogens is 336 g/mol. The van der Waals surface area contributed by atoms with E-state index in [0.29, 0.717) is 11.4 Å². The van der Waals surface area contributed by atoms with Crippen LogP contribution in [0.25, 0.3) is 0 Å². The SMILES string of the molecule is Cc1ccccc1NC(=O)CSc1ccc(Br)cc1N. The summed E-state index contributed by atoms with van der Waals surface area (Å²) in [5.41, 5.74) is 8.47. The molecule has 0 radical (unpaired) electrons. The molecule has 104 valence electrons. The molecule has 2 rings (SSSR count). The number of anilines is 2. The summed E-state index contributed by atoms with van der Waals surface area (Å²) >= 11 is 4.79. The fourth-order valence-corrected chi connectivity index (χ4v) is 2.82. The molecule has 0 aliphatic carbocycles. The van der Waals surface area contributed by atoms with Gasteiger partial charge in [-0.05, 0) is 36.8 Å². The van der Waals surface area contributed by atoms with Crippen LogP contribution in [0.2, 0.25) is 0 Å². The van der Waals surface area contributed by atoms with Crippen LogP contribution in [0.4, 0.5) is 11.4 Å². The van der Waals surface area contributed by atoms with Gasteiger partial charge in [0, 0.05) is 20.7 Å². The van der Waals surface area contributed by atoms with Crippen molar-refractivity contribution in [2.45, 2.75) is 11.8 Å². The van der Waals surface area contributed by atoms with Crippen LogP contribution < -0.4 is 11.1 Å². The van der Waals surface area contributed by atoms with Gasteiger partial charge >= 0.3 is 0 Å². The van der Waals surface area contributed by atoms with Crippen molar-refractivity contribution in [1.82, 2.24) is 0 Å². The Bertz CT molecular complexity index is 631. The van der Waals surface area contributed by atoms with Crippen LogP contribution in [0, 0.1) is 6.92 Å². The Morgan fingerprint density at radius 2 is 2.05 bits per heavy atom. The van der Waals surface area contributed by atoms with Crippen molar-refractivity contribution in [3.05, 3.63) is 52.5 Å². The number of carbonyl (C=O) groups excluding carboxylic acids is 1. The highest BCUT2D eigenvalue weighted by Crippen LogP contribution is 2.28. The topological polar surface area (TPSA) is 55.1 Å². The van der Waals surface area contributed by atoms with Gasteiger partial charge in [-0.15, -0.1) is 11.8 Å². The van der Waals surface area contributed by atoms with Gasteiger partial charge in [0.1, 0.15) is 0 Å². The van der Waals surface area contributed by atoms with Crippen molar-refractivity contribution >= 4 is 45.0 Å². The summed E-state index contributed by atoms with van der Waals surface area (Å²) in [6, 6.07) is 13.4. The lowest BCUT2D eigenvalue weighted by molar-refractivity contribution is -0.113. The largest absolute Gasteiger partial charge is 0.398 e. The number of thioether (sulfide) groups is 1. The van der Waals surface area contributed by atoms with Crippen LogP contribution in [0.3, 0.4) is 0 Å². The quantitative estimate of drug-likeness (QED) is 0.645. The number of carbonyl (C=O) groups is 1. The minimum atomic E-state index is -0.0355. The lowest BCUT2D eigenvalue weighted by Crippen LogP contribution is -2.14. The summed E-state index contributed by atoms with van der Waals surface area (Å²) in [5.74, 6) is 0.298. The minimum Gasteiger partial charge on any atom is -0.398 e. The van der Waals surface area contributed by atoms with E-state index in [1.807, 2.05) is 49.4 Å². The Hall–Kier alpha value is -1.46. The fourth-order valence-electron chi connectivity index (χ4n) is 1.69. The molecule has 0 fully saturated rings. The summed E-state index contributed by atoms with van der Waals surface area (Å²) < 4.78 is 0.934. The van der Waals surface area contributed by atoms with E-state index in [1.54, 1.807) is 0 Å². The summed E-state index contributed by atoms with van der Waals surface area (Å²) in [6.07, 6.45) is 0. The highest BCUT2D eigenvalue weighted by molar-refractivity contribution is 9.10. The lowest BCUT2D eigenvalue weighted by atomic mass is 10.2. The third-order valence-corrected chi connectivity index (χ3v) is 4.33. The maximum absolute atomic E-state index is 11.9. The average molecular weight is 351 g/mol. The van der Waals surface area contributed by atoms with Crippen molar-refractivity contribution in [3.8, 4) is 0 Å². The van der Waals surface area contributed by atoms with E-state index in [-0.39, 0.29) is 5.91 Å². The number of nitrogens with one attached hydrogen (secondary N) is 1. The summed E-state index contributed by atoms with van der Waals surface area (Å²) in [4.78, 5) is 12.8. The second kappa shape index (κ2) is 6.81. The zero-order chi connectivity index (χ0) is 14.5. The molecule has 0 heterocycles. The molecule has 2 aromatic rings. The number of benzene rings is 2. The molecular formula is C15H15BrN2OS. The number of aryl methyl sites for hydroxylation is 1. The number of halogens is 1. The van der Waals surface area contributed by atoms with E-state index in [2.05, 4.69) is 21.2 Å². The summed E-state index contributed by atoms with van der Waals surface area (Å²) in [6.45, 7) is 1.97. The molecule has 0 bridgehead atoms. The van der Waals surface area contributed by atoms with Crippen LogP contribution in [-0.2, 0) is 4.79 Å². The molecule has 1 amide bonds. The van der Waals surface area contributed by atoms with Gasteiger partial charge in [0.05, 0.1) is 5.75 Å². The molecule has 0 saturated carbocycles. The van der Waals surface area contributed by atoms with Crippen molar-refractivity contribution in [2.24, 2.45) is 0 Å². The molecule has 5 heteroatoms. The first-order valence-electron chi connectivity index (χ1n) is 6.09. The molecule has 0 unspecified atom stereocenters. The molecule has 20 heavy (non-hydrogen) atoms. The predicted octanol–water partition coefficient (Wildman–Crippen LogP) is 4.07. The standard InChI is InChI=1S/C15H15BrN2OS/c1-10-4-2-3-5-13(10)18-15(19)9-20-14-7-6-11(16)8-12(14)17/h2-8H,9,17H2,1H3,(H,18,19). The van der Waals surface area contributed by atoms with Gasteiger partial charge in [-0.1, -0.05) is 34.1 Å². The lowest BCUT2D eigenvalue weighted by Gasteiger charge is -2.09. The third kappa shape index (κ3) is 4.02. The van der Waals surface area contributed by atoms with Crippen LogP contribution in [-0.4, -0.2) is 11.7 Å². The van der Waals surface area contributed by atoms with Crippen molar-refractivity contribution in [3.63, 3.8) is 0 Å². The fraction of sp³-hybridized carbons (Fsp3) is 0.133. The van der Waals surface area contributed by atoms with E-state index in [0.717, 1.165) is 20.6 Å². The van der Waals surface area contributed by atoms with Gasteiger partial charge in [0.25, 0.3) is 0 Å². The highest BCUT2D eigenvalue weighted by Gasteiger charge is 2.07. The first-order chi connectivity index (χ1) is 9.56. The molecule has 0 spiro atoms. The Morgan fingerprint density at radius 1 is 1.30 bits per heavy atom. The first kappa shape index (κ1) is 14.9. The maximum atomic E-state index is 11.9. The number of hydrogen-bond acceptors (Lipinski definition) is 3. The third-order valence-electron chi connectivity index (χ3n) is 2.75. The van der Waals surface area contributed by atoms with Crippen LogP contribution in [0.1, 0.15) is 5.56 Å². The molecule has 2 aromatic carbocycles. The van der Waals surface area contributed by atoms with E-state index >= 15 is 0 Å². The number of nitrogens with two attached hydrogens (primary N) is 1. The van der Waals surface area contributed by atoms with E-state index in [1.165, 1.54) is 11.8 Å². The molecule has 3 N–H and O–H groups in total. The first-order valence-corrected chi connectivity index (χ1v) is 7.87. The van der Waals surface area contributed by atoms with E-state index in [4.69, 9.17) is 5.73 Å². The minimum absolute atomic E-state index is 0.0355. The Labute approximate surface area is 131 Å². The molecule has 0 saturated heterocycles. The second-order valence-electron chi connectivity index (χ2n) is 4.33. The van der Waals surface area contributed by atoms with Crippen LogP contribution >= 0.6 is 27.7 Å². The molecule has 0 aliphatic rings. The van der Waals surface area contributed by atoms with E-state index < -0.39 is 0 Å². The van der Waals surface area contributed by atoms with Crippen LogP contribution in [0.5, 0.6) is 0 Å². The molecule has 0 aromatic heterocycles. The average Bonchev–Trinajstić information content (AvgIpc) is 2.40. The summed E-state index contributed by atoms with van der Waals surface area (Å²) in [7, 11) is 0. The highest BCUT2D eigenvalue weighted by atomic mass is 79.9. The van der Waals surface area contributed by atoms with Crippen molar-refractivity contribution in [2.75, 3.05) is 16.8 Å². The second-order valence-corrected chi connectivity index (χ2v) is 6.27. The zero-order valence-corrected chi connectivity index (χ0v) is 13.4. The Balaban J connectivity index is 1.94. The van der Waals surface area contributed by atoms with Gasteiger partial charge in [0.15, 0.2) is 0 Å². The van der Waals surface area contributed by atoms with Gasteiger partial charge in [-0.3, -0.25) is 4.79 Å². The number of para-hydroxylation sites is 1. The molecule has 0 aliphatic heterocycles. The van der Waals surface area contributed by atoms with Crippen molar-refractivity contribution < 1.29 is 4.79 Å². The Morgan fingerprint density at radius 3 is 2.75 bits per heavy atom. The van der Waals surface area contributed by atoms with Gasteiger partial charge in [-0.2, -0.15) is 0 Å². The number of amides is 1. The van der Waals surface area contributed by atoms with E-state index in [9.17, 15) is 4.79 Å². The Kier molecular flexibility index (Phi) is 5.09. The normalized spacial score (nSPS) is 10.3. The number of nitrogen functional groups attached to an aromatic ring is 1. The smallest absolute Gasteiger partial charge is 0.234 e. The summed E-state index contributed by atoms with van der Waals surface area (Å²) in [5, 5.41) is 2.90. The number of rotatable bonds is 4. The number of hydrogen-bond donors (Lipinski definition) is 2. The van der Waals surface area contributed by atoms with Crippen LogP contribution in [0.15, 0.2) is 51.8 Å².